The van der Waals surface area contributed by atoms with Gasteiger partial charge < -0.3 is 20.9 Å². The molecular formula is C16H18N2O3. The average Bonchev–Trinajstić information content (AvgIpc) is 2.50. The largest absolute Gasteiger partial charge is 0.508 e. The average molecular weight is 286 g/mol. The van der Waals surface area contributed by atoms with Crippen LogP contribution < -0.4 is 15.8 Å². The molecule has 2 rings (SSSR count). The van der Waals surface area contributed by atoms with Crippen LogP contribution in [0.5, 0.6) is 11.5 Å². The summed E-state index contributed by atoms with van der Waals surface area (Å²) in [7, 11) is 1.62. The summed E-state index contributed by atoms with van der Waals surface area (Å²) < 4.78 is 5.26. The topological polar surface area (TPSA) is 84.6 Å². The maximum Gasteiger partial charge on any atom is 0.253 e. The van der Waals surface area contributed by atoms with Gasteiger partial charge in [-0.1, -0.05) is 18.2 Å². The summed E-state index contributed by atoms with van der Waals surface area (Å²) in [6.07, 6.45) is 0.647. The van der Waals surface area contributed by atoms with Crippen molar-refractivity contribution in [3.63, 3.8) is 0 Å². The molecule has 0 saturated carbocycles. The lowest BCUT2D eigenvalue weighted by Crippen LogP contribution is -2.26. The Morgan fingerprint density at radius 2 is 2.05 bits per heavy atom. The van der Waals surface area contributed by atoms with Crippen molar-refractivity contribution in [3.05, 3.63) is 53.6 Å². The minimum atomic E-state index is -0.307. The standard InChI is InChI=1S/C16H18N2O3/c1-21-15-5-3-2-4-11(15)8-9-18-16(20)13-10-12(19)6-7-14(13)17/h2-7,10,19H,8-9,17H2,1H3,(H,18,20). The molecule has 0 aliphatic carbocycles. The number of amides is 1. The van der Waals surface area contributed by atoms with E-state index in [4.69, 9.17) is 10.5 Å². The first kappa shape index (κ1) is 14.7. The van der Waals surface area contributed by atoms with Crippen molar-refractivity contribution in [2.24, 2.45) is 0 Å². The van der Waals surface area contributed by atoms with Crippen molar-refractivity contribution in [2.75, 3.05) is 19.4 Å². The lowest BCUT2D eigenvalue weighted by atomic mass is 10.1. The molecule has 0 aromatic heterocycles. The number of carbonyl (C=O) groups is 1. The number of methoxy groups -OCH3 is 1. The molecule has 110 valence electrons. The Balaban J connectivity index is 1.97. The van der Waals surface area contributed by atoms with E-state index in [2.05, 4.69) is 5.32 Å². The van der Waals surface area contributed by atoms with Crippen LogP contribution in [0.2, 0.25) is 0 Å². The number of para-hydroxylation sites is 1. The maximum absolute atomic E-state index is 12.0. The van der Waals surface area contributed by atoms with E-state index in [9.17, 15) is 9.90 Å². The molecule has 0 radical (unpaired) electrons. The van der Waals surface area contributed by atoms with Crippen molar-refractivity contribution in [1.82, 2.24) is 5.32 Å². The van der Waals surface area contributed by atoms with Gasteiger partial charge in [0.2, 0.25) is 0 Å². The third kappa shape index (κ3) is 3.66. The van der Waals surface area contributed by atoms with Crippen LogP contribution in [0.25, 0.3) is 0 Å². The maximum atomic E-state index is 12.0. The summed E-state index contributed by atoms with van der Waals surface area (Å²) in [5, 5.41) is 12.2. The first-order valence-electron chi connectivity index (χ1n) is 6.60. The zero-order valence-corrected chi connectivity index (χ0v) is 11.8. The molecule has 0 aliphatic rings. The molecule has 2 aromatic rings. The number of hydrogen-bond acceptors (Lipinski definition) is 4. The first-order chi connectivity index (χ1) is 10.1. The highest BCUT2D eigenvalue weighted by atomic mass is 16.5. The van der Waals surface area contributed by atoms with Crippen molar-refractivity contribution >= 4 is 11.6 Å². The number of hydrogen-bond donors (Lipinski definition) is 3. The second-order valence-electron chi connectivity index (χ2n) is 4.59. The van der Waals surface area contributed by atoms with Gasteiger partial charge in [-0.3, -0.25) is 4.79 Å². The van der Waals surface area contributed by atoms with E-state index in [-0.39, 0.29) is 17.2 Å². The highest BCUT2D eigenvalue weighted by Gasteiger charge is 2.10. The van der Waals surface area contributed by atoms with Crippen molar-refractivity contribution in [1.29, 1.82) is 0 Å². The number of phenolic OH excluding ortho intramolecular Hbond substituents is 1. The predicted octanol–water partition coefficient (Wildman–Crippen LogP) is 1.96. The Morgan fingerprint density at radius 3 is 2.81 bits per heavy atom. The van der Waals surface area contributed by atoms with Gasteiger partial charge in [-0.15, -0.1) is 0 Å². The van der Waals surface area contributed by atoms with Crippen molar-refractivity contribution < 1.29 is 14.6 Å². The second-order valence-corrected chi connectivity index (χ2v) is 4.59. The van der Waals surface area contributed by atoms with Crippen molar-refractivity contribution in [2.45, 2.75) is 6.42 Å². The van der Waals surface area contributed by atoms with E-state index >= 15 is 0 Å². The fourth-order valence-corrected chi connectivity index (χ4v) is 2.06. The number of phenols is 1. The third-order valence-corrected chi connectivity index (χ3v) is 3.15. The molecule has 0 atom stereocenters. The molecule has 21 heavy (non-hydrogen) atoms. The molecule has 4 N–H and O–H groups in total. The van der Waals surface area contributed by atoms with Crippen LogP contribution in [0.3, 0.4) is 0 Å². The van der Waals surface area contributed by atoms with Gasteiger partial charge >= 0.3 is 0 Å². The molecule has 0 aliphatic heterocycles. The summed E-state index contributed by atoms with van der Waals surface area (Å²) in [5.41, 5.74) is 7.35. The lowest BCUT2D eigenvalue weighted by molar-refractivity contribution is 0.0954. The fraction of sp³-hybridized carbons (Fsp3) is 0.188. The number of nitrogen functional groups attached to an aromatic ring is 1. The Bertz CT molecular complexity index is 641. The van der Waals surface area contributed by atoms with E-state index in [0.717, 1.165) is 11.3 Å². The first-order valence-corrected chi connectivity index (χ1v) is 6.60. The van der Waals surface area contributed by atoms with Crippen LogP contribution in [0.1, 0.15) is 15.9 Å². The molecule has 0 fully saturated rings. The number of carbonyl (C=O) groups excluding carboxylic acids is 1. The monoisotopic (exact) mass is 286 g/mol. The molecule has 2 aromatic carbocycles. The molecule has 0 bridgehead atoms. The van der Waals surface area contributed by atoms with E-state index in [1.54, 1.807) is 7.11 Å². The molecule has 0 saturated heterocycles. The fourth-order valence-electron chi connectivity index (χ4n) is 2.06. The van der Waals surface area contributed by atoms with Gasteiger partial charge in [0.25, 0.3) is 5.91 Å². The molecule has 0 heterocycles. The highest BCUT2D eigenvalue weighted by molar-refractivity contribution is 5.99. The summed E-state index contributed by atoms with van der Waals surface area (Å²) in [5.74, 6) is 0.501. The predicted molar refractivity (Wildman–Crippen MR) is 81.6 cm³/mol. The zero-order chi connectivity index (χ0) is 15.2. The van der Waals surface area contributed by atoms with E-state index in [1.165, 1.54) is 18.2 Å². The van der Waals surface area contributed by atoms with Crippen molar-refractivity contribution in [3.8, 4) is 11.5 Å². The quantitative estimate of drug-likeness (QED) is 0.579. The van der Waals surface area contributed by atoms with Gasteiger partial charge in [0, 0.05) is 12.2 Å². The van der Waals surface area contributed by atoms with E-state index in [1.807, 2.05) is 24.3 Å². The third-order valence-electron chi connectivity index (χ3n) is 3.15. The normalized spacial score (nSPS) is 10.1. The molecule has 0 unspecified atom stereocenters. The van der Waals surface area contributed by atoms with Crippen LogP contribution >= 0.6 is 0 Å². The minimum Gasteiger partial charge on any atom is -0.508 e. The lowest BCUT2D eigenvalue weighted by Gasteiger charge is -2.10. The number of anilines is 1. The molecule has 0 spiro atoms. The summed E-state index contributed by atoms with van der Waals surface area (Å²) in [6.45, 7) is 0.453. The van der Waals surface area contributed by atoms with Gasteiger partial charge in [0.05, 0.1) is 12.7 Å². The smallest absolute Gasteiger partial charge is 0.253 e. The summed E-state index contributed by atoms with van der Waals surface area (Å²) in [4.78, 5) is 12.0. The van der Waals surface area contributed by atoms with Gasteiger partial charge in [-0.05, 0) is 36.2 Å². The summed E-state index contributed by atoms with van der Waals surface area (Å²) >= 11 is 0. The zero-order valence-electron chi connectivity index (χ0n) is 11.8. The van der Waals surface area contributed by atoms with Crippen LogP contribution in [0, 0.1) is 0 Å². The van der Waals surface area contributed by atoms with Crippen LogP contribution in [-0.2, 0) is 6.42 Å². The number of nitrogens with one attached hydrogen (secondary N) is 1. The Morgan fingerprint density at radius 1 is 1.29 bits per heavy atom. The van der Waals surface area contributed by atoms with Crippen LogP contribution in [0.15, 0.2) is 42.5 Å². The SMILES string of the molecule is COc1ccccc1CCNC(=O)c1cc(O)ccc1N. The van der Waals surface area contributed by atoms with Gasteiger partial charge in [0.1, 0.15) is 11.5 Å². The number of rotatable bonds is 5. The number of benzene rings is 2. The minimum absolute atomic E-state index is 0.0130. The summed E-state index contributed by atoms with van der Waals surface area (Å²) in [6, 6.07) is 12.0. The second kappa shape index (κ2) is 6.65. The molecular weight excluding hydrogens is 268 g/mol. The number of aromatic hydroxyl groups is 1. The van der Waals surface area contributed by atoms with E-state index in [0.29, 0.717) is 18.7 Å². The van der Waals surface area contributed by atoms with Gasteiger partial charge in [-0.25, -0.2) is 0 Å². The number of nitrogens with two attached hydrogens (primary N) is 1. The Hall–Kier alpha value is -2.69. The van der Waals surface area contributed by atoms with Gasteiger partial charge in [0.15, 0.2) is 0 Å². The van der Waals surface area contributed by atoms with Crippen LogP contribution in [0.4, 0.5) is 5.69 Å². The highest BCUT2D eigenvalue weighted by Crippen LogP contribution is 2.19. The number of ether oxygens (including phenoxy) is 1. The van der Waals surface area contributed by atoms with Gasteiger partial charge in [-0.2, -0.15) is 0 Å². The Labute approximate surface area is 123 Å². The van der Waals surface area contributed by atoms with E-state index < -0.39 is 0 Å². The molecule has 5 nitrogen and oxygen atoms in total. The van der Waals surface area contributed by atoms with Crippen LogP contribution in [-0.4, -0.2) is 24.7 Å². The molecule has 5 heteroatoms. The Kier molecular flexibility index (Phi) is 4.66. The molecule has 1 amide bonds.